The van der Waals surface area contributed by atoms with E-state index < -0.39 is 12.2 Å². The molecule has 32 heavy (non-hydrogen) atoms. The third-order valence-electron chi connectivity index (χ3n) is 5.82. The minimum Gasteiger partial charge on any atom is -0.388 e. The van der Waals surface area contributed by atoms with Gasteiger partial charge in [0.15, 0.2) is 5.78 Å². The van der Waals surface area contributed by atoms with Crippen LogP contribution < -0.4 is 5.32 Å². The summed E-state index contributed by atoms with van der Waals surface area (Å²) in [4.78, 5) is 24.1. The topological polar surface area (TPSA) is 75.6 Å². The highest BCUT2D eigenvalue weighted by atomic mass is 19.1. The monoisotopic (exact) mass is 433 g/mol. The van der Waals surface area contributed by atoms with Gasteiger partial charge in [-0.2, -0.15) is 0 Å². The summed E-state index contributed by atoms with van der Waals surface area (Å²) in [6.07, 6.45) is 1.70. The molecule has 4 rings (SSSR count). The lowest BCUT2D eigenvalue weighted by Crippen LogP contribution is -2.27. The number of nitrogens with one attached hydrogen (secondary N) is 1. The minimum absolute atomic E-state index is 0.213. The molecule has 1 saturated heterocycles. The first-order valence-electron chi connectivity index (χ1n) is 10.5. The second-order valence-corrected chi connectivity index (χ2v) is 7.82. The molecule has 1 aliphatic heterocycles. The summed E-state index contributed by atoms with van der Waals surface area (Å²) in [5.74, 6) is -0.843. The molecule has 2 N–H and O–H groups in total. The highest BCUT2D eigenvalue weighted by Gasteiger charge is 2.38. The molecule has 0 aromatic heterocycles. The lowest BCUT2D eigenvalue weighted by atomic mass is 9.83. The van der Waals surface area contributed by atoms with E-state index in [0.29, 0.717) is 24.3 Å². The number of ketones is 1. The van der Waals surface area contributed by atoms with E-state index >= 15 is 0 Å². The number of rotatable bonds is 7. The standard InChI is InChI=1S/C26H24FNO4/c27-23-12-10-22(11-13-23)26(14-1-15-32-26)21-8-6-20(7-9-21)25(31)28-16-18-2-4-19(5-3-18)24(30)17-29/h2-13,29H,1,14-17H2,(H,28,31). The number of aliphatic hydroxyl groups excluding tert-OH is 1. The molecule has 164 valence electrons. The maximum absolute atomic E-state index is 13.4. The van der Waals surface area contributed by atoms with Crippen molar-refractivity contribution in [3.05, 3.63) is 106 Å². The van der Waals surface area contributed by atoms with Crippen molar-refractivity contribution in [2.75, 3.05) is 13.2 Å². The maximum atomic E-state index is 13.4. The van der Waals surface area contributed by atoms with Crippen LogP contribution >= 0.6 is 0 Å². The number of hydrogen-bond acceptors (Lipinski definition) is 4. The average molecular weight is 433 g/mol. The van der Waals surface area contributed by atoms with E-state index in [4.69, 9.17) is 9.84 Å². The van der Waals surface area contributed by atoms with Crippen LogP contribution in [0.4, 0.5) is 4.39 Å². The normalized spacial score (nSPS) is 17.8. The van der Waals surface area contributed by atoms with E-state index in [1.54, 1.807) is 48.5 Å². The van der Waals surface area contributed by atoms with Gasteiger partial charge < -0.3 is 15.2 Å². The molecular weight excluding hydrogens is 409 g/mol. The Labute approximate surface area is 185 Å². The van der Waals surface area contributed by atoms with Gasteiger partial charge in [0.25, 0.3) is 5.91 Å². The Morgan fingerprint density at radius 3 is 2.06 bits per heavy atom. The van der Waals surface area contributed by atoms with Gasteiger partial charge in [0.2, 0.25) is 0 Å². The fraction of sp³-hybridized carbons (Fsp3) is 0.231. The first-order chi connectivity index (χ1) is 15.5. The summed E-state index contributed by atoms with van der Waals surface area (Å²) in [7, 11) is 0. The van der Waals surface area contributed by atoms with Gasteiger partial charge in [-0.1, -0.05) is 48.5 Å². The first-order valence-corrected chi connectivity index (χ1v) is 10.5. The minimum atomic E-state index is -0.629. The van der Waals surface area contributed by atoms with Gasteiger partial charge in [-0.05, 0) is 53.8 Å². The van der Waals surface area contributed by atoms with Crippen LogP contribution in [0.3, 0.4) is 0 Å². The van der Waals surface area contributed by atoms with Crippen molar-refractivity contribution in [2.24, 2.45) is 0 Å². The molecule has 0 saturated carbocycles. The molecule has 0 aliphatic carbocycles. The van der Waals surface area contributed by atoms with Crippen molar-refractivity contribution in [1.82, 2.24) is 5.32 Å². The Bertz CT molecular complexity index is 1090. The quantitative estimate of drug-likeness (QED) is 0.553. The number of Topliss-reactive ketones (excluding diaryl/α,β-unsaturated/α-hetero) is 1. The van der Waals surface area contributed by atoms with Crippen LogP contribution in [0.15, 0.2) is 72.8 Å². The first kappa shape index (κ1) is 21.9. The second-order valence-electron chi connectivity index (χ2n) is 7.82. The van der Waals surface area contributed by atoms with E-state index in [2.05, 4.69) is 5.32 Å². The maximum Gasteiger partial charge on any atom is 0.251 e. The van der Waals surface area contributed by atoms with E-state index in [1.807, 2.05) is 12.1 Å². The molecule has 1 heterocycles. The molecule has 1 aliphatic rings. The Kier molecular flexibility index (Phi) is 6.44. The second kappa shape index (κ2) is 9.42. The molecule has 0 bridgehead atoms. The van der Waals surface area contributed by atoms with Crippen molar-refractivity contribution < 1.29 is 23.8 Å². The SMILES string of the molecule is O=C(CO)c1ccc(CNC(=O)c2ccc(C3(c4ccc(F)cc4)CCCO3)cc2)cc1. The number of benzene rings is 3. The Morgan fingerprint density at radius 1 is 0.906 bits per heavy atom. The average Bonchev–Trinajstić information content (AvgIpc) is 3.34. The predicted octanol–water partition coefficient (Wildman–Crippen LogP) is 3.98. The third kappa shape index (κ3) is 4.47. The number of amides is 1. The van der Waals surface area contributed by atoms with Crippen molar-refractivity contribution in [2.45, 2.75) is 25.0 Å². The van der Waals surface area contributed by atoms with Gasteiger partial charge in [-0.25, -0.2) is 4.39 Å². The Balaban J connectivity index is 1.45. The smallest absolute Gasteiger partial charge is 0.251 e. The number of halogens is 1. The van der Waals surface area contributed by atoms with Gasteiger partial charge in [0, 0.05) is 24.3 Å². The molecule has 1 unspecified atom stereocenters. The summed E-state index contributed by atoms with van der Waals surface area (Å²) < 4.78 is 19.5. The van der Waals surface area contributed by atoms with Crippen LogP contribution in [-0.4, -0.2) is 30.0 Å². The zero-order valence-electron chi connectivity index (χ0n) is 17.5. The molecule has 0 radical (unpaired) electrons. The van der Waals surface area contributed by atoms with Gasteiger partial charge in [0.05, 0.1) is 0 Å². The van der Waals surface area contributed by atoms with Gasteiger partial charge in [-0.3, -0.25) is 9.59 Å². The molecule has 3 aromatic carbocycles. The summed E-state index contributed by atoms with van der Waals surface area (Å²) >= 11 is 0. The highest BCUT2D eigenvalue weighted by molar-refractivity contribution is 5.97. The van der Waals surface area contributed by atoms with Crippen LogP contribution in [0.1, 0.15) is 50.2 Å². The summed E-state index contributed by atoms with van der Waals surface area (Å²) in [5, 5.41) is 11.8. The van der Waals surface area contributed by atoms with Gasteiger partial charge in [-0.15, -0.1) is 0 Å². The molecule has 1 fully saturated rings. The largest absolute Gasteiger partial charge is 0.388 e. The van der Waals surface area contributed by atoms with Crippen LogP contribution in [0.25, 0.3) is 0 Å². The Morgan fingerprint density at radius 2 is 1.50 bits per heavy atom. The molecule has 3 aromatic rings. The number of carbonyl (C=O) groups excluding carboxylic acids is 2. The van der Waals surface area contributed by atoms with Crippen LogP contribution in [0, 0.1) is 5.82 Å². The van der Waals surface area contributed by atoms with E-state index in [0.717, 1.165) is 29.5 Å². The summed E-state index contributed by atoms with van der Waals surface area (Å²) in [6.45, 7) is 0.415. The summed E-state index contributed by atoms with van der Waals surface area (Å²) in [5.41, 5.74) is 3.00. The number of aliphatic hydroxyl groups is 1. The van der Waals surface area contributed by atoms with Gasteiger partial charge >= 0.3 is 0 Å². The van der Waals surface area contributed by atoms with E-state index in [9.17, 15) is 14.0 Å². The molecule has 1 amide bonds. The lowest BCUT2D eigenvalue weighted by Gasteiger charge is -2.30. The van der Waals surface area contributed by atoms with Crippen molar-refractivity contribution in [3.8, 4) is 0 Å². The third-order valence-corrected chi connectivity index (χ3v) is 5.82. The lowest BCUT2D eigenvalue weighted by molar-refractivity contribution is 0.0359. The van der Waals surface area contributed by atoms with Crippen molar-refractivity contribution in [1.29, 1.82) is 0 Å². The van der Waals surface area contributed by atoms with Crippen molar-refractivity contribution >= 4 is 11.7 Å². The van der Waals surface area contributed by atoms with E-state index in [-0.39, 0.29) is 17.5 Å². The van der Waals surface area contributed by atoms with Crippen LogP contribution in [0.5, 0.6) is 0 Å². The molecule has 0 spiro atoms. The zero-order chi connectivity index (χ0) is 22.6. The number of ether oxygens (including phenoxy) is 1. The predicted molar refractivity (Wildman–Crippen MR) is 118 cm³/mol. The van der Waals surface area contributed by atoms with Gasteiger partial charge in [0.1, 0.15) is 18.0 Å². The highest BCUT2D eigenvalue weighted by Crippen LogP contribution is 2.42. The van der Waals surface area contributed by atoms with Crippen LogP contribution in [-0.2, 0) is 16.9 Å². The van der Waals surface area contributed by atoms with Crippen molar-refractivity contribution in [3.63, 3.8) is 0 Å². The van der Waals surface area contributed by atoms with Crippen LogP contribution in [0.2, 0.25) is 0 Å². The number of hydrogen-bond donors (Lipinski definition) is 2. The number of carbonyl (C=O) groups is 2. The fourth-order valence-corrected chi connectivity index (χ4v) is 4.06. The molecule has 1 atom stereocenters. The summed E-state index contributed by atoms with van der Waals surface area (Å²) in [6, 6.07) is 20.4. The molecule has 6 heteroatoms. The molecular formula is C26H24FNO4. The zero-order valence-corrected chi connectivity index (χ0v) is 17.5. The Hall–Kier alpha value is -3.35. The fourth-order valence-electron chi connectivity index (χ4n) is 4.06. The van der Waals surface area contributed by atoms with E-state index in [1.165, 1.54) is 12.1 Å². The molecule has 5 nitrogen and oxygen atoms in total.